The summed E-state index contributed by atoms with van der Waals surface area (Å²) >= 11 is 0. The number of hydrogen-bond acceptors (Lipinski definition) is 5. The van der Waals surface area contributed by atoms with Crippen molar-refractivity contribution in [3.63, 3.8) is 0 Å². The van der Waals surface area contributed by atoms with Gasteiger partial charge in [0.05, 0.1) is 6.04 Å². The normalized spacial score (nSPS) is 17.6. The van der Waals surface area contributed by atoms with Crippen molar-refractivity contribution in [2.24, 2.45) is 22.2 Å². The van der Waals surface area contributed by atoms with E-state index >= 15 is 0 Å². The molecule has 0 aliphatic carbocycles. The molecule has 8 nitrogen and oxygen atoms in total. The summed E-state index contributed by atoms with van der Waals surface area (Å²) in [5.74, 6) is -0.591. The summed E-state index contributed by atoms with van der Waals surface area (Å²) in [6.07, 6.45) is 2.41. The Hall–Kier alpha value is -2.61. The molecule has 8 heteroatoms. The van der Waals surface area contributed by atoms with Crippen LogP contribution in [0.4, 0.5) is 0 Å². The van der Waals surface area contributed by atoms with E-state index in [4.69, 9.17) is 21.9 Å². The van der Waals surface area contributed by atoms with Gasteiger partial charge in [0.25, 0.3) is 0 Å². The minimum absolute atomic E-state index is 0.0191. The van der Waals surface area contributed by atoms with Gasteiger partial charge in [-0.1, -0.05) is 30.3 Å². The average Bonchev–Trinajstić information content (AvgIpc) is 3.13. The highest BCUT2D eigenvalue weighted by Gasteiger charge is 2.36. The number of carbonyl (C=O) groups is 2. The van der Waals surface area contributed by atoms with Crippen LogP contribution in [0.3, 0.4) is 0 Å². The van der Waals surface area contributed by atoms with Gasteiger partial charge < -0.3 is 26.8 Å². The lowest BCUT2D eigenvalue weighted by atomic mass is 10.1. The van der Waals surface area contributed by atoms with Gasteiger partial charge in [0.2, 0.25) is 5.91 Å². The fourth-order valence-corrected chi connectivity index (χ4v) is 2.96. The lowest BCUT2D eigenvalue weighted by Crippen LogP contribution is -2.48. The molecule has 0 saturated carbocycles. The standard InChI is InChI=1S/C18H27N5O3/c19-14(8-4-10-22-18(20)21)16(24)23-11-5-9-15(23)17(25)26-12-13-6-2-1-3-7-13/h1-3,6-7,14-15H,4-5,8-12,19H2,(H4,20,21,22)/t14-,15-/m0/s1. The van der Waals surface area contributed by atoms with Gasteiger partial charge >= 0.3 is 5.97 Å². The van der Waals surface area contributed by atoms with Crippen molar-refractivity contribution >= 4 is 17.8 Å². The van der Waals surface area contributed by atoms with Gasteiger partial charge in [0, 0.05) is 13.1 Å². The number of nitrogens with zero attached hydrogens (tertiary/aromatic N) is 2. The maximum Gasteiger partial charge on any atom is 0.329 e. The fourth-order valence-electron chi connectivity index (χ4n) is 2.96. The number of esters is 1. The molecule has 6 N–H and O–H groups in total. The van der Waals surface area contributed by atoms with Gasteiger partial charge in [0.1, 0.15) is 12.6 Å². The molecule has 0 bridgehead atoms. The first-order valence-electron chi connectivity index (χ1n) is 8.81. The van der Waals surface area contributed by atoms with Crippen LogP contribution in [0, 0.1) is 0 Å². The minimum Gasteiger partial charge on any atom is -0.459 e. The van der Waals surface area contributed by atoms with E-state index in [1.165, 1.54) is 0 Å². The van der Waals surface area contributed by atoms with Crippen LogP contribution in [-0.2, 0) is 20.9 Å². The topological polar surface area (TPSA) is 137 Å². The predicted octanol–water partition coefficient (Wildman–Crippen LogP) is 0.102. The summed E-state index contributed by atoms with van der Waals surface area (Å²) < 4.78 is 5.38. The molecular weight excluding hydrogens is 334 g/mol. The Bertz CT molecular complexity index is 631. The molecule has 1 heterocycles. The molecule has 2 atom stereocenters. The Balaban J connectivity index is 1.84. The number of amides is 1. The Morgan fingerprint density at radius 3 is 2.69 bits per heavy atom. The molecule has 1 amide bonds. The summed E-state index contributed by atoms with van der Waals surface area (Å²) in [5.41, 5.74) is 17.4. The molecular formula is C18H27N5O3. The molecule has 1 aromatic rings. The summed E-state index contributed by atoms with van der Waals surface area (Å²) in [5, 5.41) is 0. The van der Waals surface area contributed by atoms with Crippen molar-refractivity contribution in [2.45, 2.75) is 44.4 Å². The van der Waals surface area contributed by atoms with Crippen LogP contribution < -0.4 is 17.2 Å². The van der Waals surface area contributed by atoms with Crippen LogP contribution >= 0.6 is 0 Å². The third-order valence-electron chi connectivity index (χ3n) is 4.32. The molecule has 0 aromatic heterocycles. The average molecular weight is 361 g/mol. The third-order valence-corrected chi connectivity index (χ3v) is 4.32. The Kier molecular flexibility index (Phi) is 7.40. The zero-order chi connectivity index (χ0) is 18.9. The number of aliphatic imine (C=N–C) groups is 1. The van der Waals surface area contributed by atoms with Crippen LogP contribution in [0.5, 0.6) is 0 Å². The zero-order valence-corrected chi connectivity index (χ0v) is 14.8. The van der Waals surface area contributed by atoms with Crippen LogP contribution in [0.15, 0.2) is 35.3 Å². The molecule has 26 heavy (non-hydrogen) atoms. The van der Waals surface area contributed by atoms with E-state index in [1.807, 2.05) is 30.3 Å². The van der Waals surface area contributed by atoms with E-state index in [0.29, 0.717) is 32.4 Å². The van der Waals surface area contributed by atoms with Crippen LogP contribution in [0.1, 0.15) is 31.2 Å². The Labute approximate surface area is 153 Å². The first-order valence-corrected chi connectivity index (χ1v) is 8.81. The number of rotatable bonds is 8. The smallest absolute Gasteiger partial charge is 0.329 e. The van der Waals surface area contributed by atoms with E-state index in [-0.39, 0.29) is 24.4 Å². The molecule has 0 unspecified atom stereocenters. The van der Waals surface area contributed by atoms with Crippen LogP contribution in [-0.4, -0.2) is 47.9 Å². The molecule has 142 valence electrons. The van der Waals surface area contributed by atoms with Crippen molar-refractivity contribution in [3.05, 3.63) is 35.9 Å². The first kappa shape index (κ1) is 19.7. The highest BCUT2D eigenvalue weighted by Crippen LogP contribution is 2.20. The second kappa shape index (κ2) is 9.76. The van der Waals surface area contributed by atoms with Gasteiger partial charge in [-0.25, -0.2) is 4.79 Å². The fraction of sp³-hybridized carbons (Fsp3) is 0.500. The van der Waals surface area contributed by atoms with Crippen molar-refractivity contribution in [3.8, 4) is 0 Å². The number of likely N-dealkylation sites (tertiary alicyclic amines) is 1. The summed E-state index contributed by atoms with van der Waals surface area (Å²) in [7, 11) is 0. The minimum atomic E-state index is -0.674. The van der Waals surface area contributed by atoms with E-state index in [2.05, 4.69) is 4.99 Å². The van der Waals surface area contributed by atoms with Gasteiger partial charge in [-0.05, 0) is 31.2 Å². The largest absolute Gasteiger partial charge is 0.459 e. The molecule has 2 rings (SSSR count). The second-order valence-electron chi connectivity index (χ2n) is 6.34. The van der Waals surface area contributed by atoms with Crippen LogP contribution in [0.25, 0.3) is 0 Å². The maximum atomic E-state index is 12.6. The van der Waals surface area contributed by atoms with Crippen molar-refractivity contribution in [1.29, 1.82) is 0 Å². The molecule has 1 aliphatic heterocycles. The summed E-state index contributed by atoms with van der Waals surface area (Å²) in [6, 6.07) is 8.21. The van der Waals surface area contributed by atoms with Crippen LogP contribution in [0.2, 0.25) is 0 Å². The summed E-state index contributed by atoms with van der Waals surface area (Å²) in [6.45, 7) is 1.14. The van der Waals surface area contributed by atoms with E-state index in [0.717, 1.165) is 12.0 Å². The number of ether oxygens (including phenoxy) is 1. The number of benzene rings is 1. The zero-order valence-electron chi connectivity index (χ0n) is 14.8. The van der Waals surface area contributed by atoms with Gasteiger partial charge in [-0.3, -0.25) is 9.79 Å². The molecule has 1 saturated heterocycles. The van der Waals surface area contributed by atoms with Crippen molar-refractivity contribution < 1.29 is 14.3 Å². The number of hydrogen-bond donors (Lipinski definition) is 3. The molecule has 0 radical (unpaired) electrons. The van der Waals surface area contributed by atoms with E-state index in [1.54, 1.807) is 4.90 Å². The lowest BCUT2D eigenvalue weighted by Gasteiger charge is -2.26. The number of guanidine groups is 1. The Morgan fingerprint density at radius 1 is 1.27 bits per heavy atom. The SMILES string of the molecule is NC(N)=NCCC[C@H](N)C(=O)N1CCC[C@H]1C(=O)OCc1ccccc1. The van der Waals surface area contributed by atoms with Gasteiger partial charge in [0.15, 0.2) is 5.96 Å². The van der Waals surface area contributed by atoms with E-state index in [9.17, 15) is 9.59 Å². The third kappa shape index (κ3) is 5.73. The first-order chi connectivity index (χ1) is 12.5. The lowest BCUT2D eigenvalue weighted by molar-refractivity contribution is -0.154. The van der Waals surface area contributed by atoms with Gasteiger partial charge in [-0.2, -0.15) is 0 Å². The predicted molar refractivity (Wildman–Crippen MR) is 98.9 cm³/mol. The molecule has 1 fully saturated rings. The quantitative estimate of drug-likeness (QED) is 0.260. The van der Waals surface area contributed by atoms with E-state index < -0.39 is 12.1 Å². The number of carbonyl (C=O) groups excluding carboxylic acids is 2. The highest BCUT2D eigenvalue weighted by molar-refractivity contribution is 5.88. The number of nitrogens with two attached hydrogens (primary N) is 3. The summed E-state index contributed by atoms with van der Waals surface area (Å²) in [4.78, 5) is 30.4. The molecule has 1 aliphatic rings. The molecule has 0 spiro atoms. The Morgan fingerprint density at radius 2 is 2.00 bits per heavy atom. The highest BCUT2D eigenvalue weighted by atomic mass is 16.5. The second-order valence-corrected chi connectivity index (χ2v) is 6.34. The monoisotopic (exact) mass is 361 g/mol. The molecule has 1 aromatic carbocycles. The van der Waals surface area contributed by atoms with Crippen molar-refractivity contribution in [2.75, 3.05) is 13.1 Å². The van der Waals surface area contributed by atoms with Gasteiger partial charge in [-0.15, -0.1) is 0 Å². The van der Waals surface area contributed by atoms with Crippen molar-refractivity contribution in [1.82, 2.24) is 4.90 Å². The maximum absolute atomic E-state index is 12.6.